The maximum Gasteiger partial charge on any atom is 0.189 e. The fraction of sp³-hybridized carbons (Fsp3) is 0.571. The van der Waals surface area contributed by atoms with Crippen molar-refractivity contribution < 1.29 is 9.94 Å². The molecule has 0 spiro atoms. The van der Waals surface area contributed by atoms with Crippen LogP contribution in [-0.4, -0.2) is 47.2 Å². The highest BCUT2D eigenvalue weighted by Gasteiger charge is 2.26. The number of ether oxygens (including phenoxy) is 1. The summed E-state index contributed by atoms with van der Waals surface area (Å²) < 4.78 is 5.52. The van der Waals surface area contributed by atoms with Gasteiger partial charge in [0.1, 0.15) is 5.69 Å². The number of amidine groups is 1. The van der Waals surface area contributed by atoms with Gasteiger partial charge in [0, 0.05) is 26.4 Å². The van der Waals surface area contributed by atoms with Crippen molar-refractivity contribution in [1.29, 1.82) is 0 Å². The third-order valence-electron chi connectivity index (χ3n) is 3.91. The van der Waals surface area contributed by atoms with E-state index >= 15 is 0 Å². The van der Waals surface area contributed by atoms with Crippen molar-refractivity contribution in [2.45, 2.75) is 26.0 Å². The first-order valence-electron chi connectivity index (χ1n) is 6.82. The molecule has 1 aromatic rings. The fourth-order valence-electron chi connectivity index (χ4n) is 2.63. The lowest BCUT2D eigenvalue weighted by atomic mass is 9.95. The average Bonchev–Trinajstić information content (AvgIpc) is 2.49. The minimum atomic E-state index is 0.0502. The van der Waals surface area contributed by atoms with Crippen LogP contribution in [0, 0.1) is 5.92 Å². The molecule has 1 aliphatic heterocycles. The molecule has 0 radical (unpaired) electrons. The number of pyridine rings is 1. The number of hydrogen-bond donors (Lipinski definition) is 2. The lowest BCUT2D eigenvalue weighted by Crippen LogP contribution is -2.43. The average molecular weight is 278 g/mol. The van der Waals surface area contributed by atoms with Gasteiger partial charge >= 0.3 is 0 Å². The molecule has 0 bridgehead atoms. The lowest BCUT2D eigenvalue weighted by Gasteiger charge is -2.36. The Morgan fingerprint density at radius 2 is 2.45 bits per heavy atom. The standard InChI is InChI=1S/C14H22N4O2/c1-10-5-7-18(9-12(10)20-2)8-11-4-3-6-16-13(11)14(15)17-19/h3-4,6,10,12,19H,5,7-9H2,1-2H3,(H2,15,17). The van der Waals surface area contributed by atoms with E-state index in [9.17, 15) is 0 Å². The number of methoxy groups -OCH3 is 1. The van der Waals surface area contributed by atoms with Crippen LogP contribution in [0.1, 0.15) is 24.6 Å². The van der Waals surface area contributed by atoms with Crippen LogP contribution in [0.25, 0.3) is 0 Å². The Hall–Kier alpha value is -1.66. The molecule has 0 saturated carbocycles. The summed E-state index contributed by atoms with van der Waals surface area (Å²) in [6.45, 7) is 4.86. The number of nitrogens with zero attached hydrogens (tertiary/aromatic N) is 3. The van der Waals surface area contributed by atoms with Crippen molar-refractivity contribution in [3.63, 3.8) is 0 Å². The quantitative estimate of drug-likeness (QED) is 0.372. The van der Waals surface area contributed by atoms with Gasteiger partial charge in [-0.15, -0.1) is 0 Å². The van der Waals surface area contributed by atoms with Crippen molar-refractivity contribution in [1.82, 2.24) is 9.88 Å². The predicted molar refractivity (Wildman–Crippen MR) is 76.6 cm³/mol. The van der Waals surface area contributed by atoms with Crippen LogP contribution in [0.3, 0.4) is 0 Å². The minimum absolute atomic E-state index is 0.0502. The molecular weight excluding hydrogens is 256 g/mol. The van der Waals surface area contributed by atoms with Crippen molar-refractivity contribution in [3.05, 3.63) is 29.6 Å². The van der Waals surface area contributed by atoms with Gasteiger partial charge in [-0.1, -0.05) is 18.1 Å². The van der Waals surface area contributed by atoms with Gasteiger partial charge in [0.15, 0.2) is 5.84 Å². The van der Waals surface area contributed by atoms with Crippen LogP contribution < -0.4 is 5.73 Å². The number of aromatic nitrogens is 1. The second kappa shape index (κ2) is 6.67. The van der Waals surface area contributed by atoms with E-state index in [1.165, 1.54) is 0 Å². The first kappa shape index (κ1) is 14.7. The maximum atomic E-state index is 8.82. The molecule has 1 aromatic heterocycles. The van der Waals surface area contributed by atoms with Crippen molar-refractivity contribution in [2.75, 3.05) is 20.2 Å². The molecule has 0 aromatic carbocycles. The highest BCUT2D eigenvalue weighted by atomic mass is 16.5. The zero-order chi connectivity index (χ0) is 14.5. The van der Waals surface area contributed by atoms with Gasteiger partial charge in [-0.3, -0.25) is 9.88 Å². The summed E-state index contributed by atoms with van der Waals surface area (Å²) in [5.41, 5.74) is 7.18. The summed E-state index contributed by atoms with van der Waals surface area (Å²) in [7, 11) is 1.76. The Morgan fingerprint density at radius 3 is 3.15 bits per heavy atom. The van der Waals surface area contributed by atoms with Gasteiger partial charge in [0.05, 0.1) is 6.10 Å². The van der Waals surface area contributed by atoms with Gasteiger partial charge in [-0.2, -0.15) is 0 Å². The molecule has 3 N–H and O–H groups in total. The molecule has 20 heavy (non-hydrogen) atoms. The molecule has 2 rings (SSSR count). The Kier molecular flexibility index (Phi) is 4.92. The zero-order valence-electron chi connectivity index (χ0n) is 12.0. The summed E-state index contributed by atoms with van der Waals surface area (Å²) in [6, 6.07) is 3.82. The van der Waals surface area contributed by atoms with Crippen LogP contribution in [0.15, 0.2) is 23.5 Å². The smallest absolute Gasteiger partial charge is 0.189 e. The second-order valence-electron chi connectivity index (χ2n) is 5.27. The summed E-state index contributed by atoms with van der Waals surface area (Å²) in [5.74, 6) is 0.628. The van der Waals surface area contributed by atoms with Crippen LogP contribution in [-0.2, 0) is 11.3 Å². The molecule has 0 amide bonds. The maximum absolute atomic E-state index is 8.82. The molecule has 6 heteroatoms. The summed E-state index contributed by atoms with van der Waals surface area (Å²) in [6.07, 6.45) is 3.01. The molecular formula is C14H22N4O2. The van der Waals surface area contributed by atoms with Gasteiger partial charge in [0.25, 0.3) is 0 Å². The summed E-state index contributed by atoms with van der Waals surface area (Å²) >= 11 is 0. The van der Waals surface area contributed by atoms with Crippen molar-refractivity contribution in [3.8, 4) is 0 Å². The van der Waals surface area contributed by atoms with E-state index in [1.54, 1.807) is 13.3 Å². The first-order chi connectivity index (χ1) is 9.65. The SMILES string of the molecule is COC1CN(Cc2cccnc2/C(N)=N/O)CCC1C. The Morgan fingerprint density at radius 1 is 1.65 bits per heavy atom. The minimum Gasteiger partial charge on any atom is -0.409 e. The number of oxime groups is 1. The fourth-order valence-corrected chi connectivity index (χ4v) is 2.63. The van der Waals surface area contributed by atoms with Crippen molar-refractivity contribution in [2.24, 2.45) is 16.8 Å². The Balaban J connectivity index is 2.11. The number of likely N-dealkylation sites (tertiary alicyclic amines) is 1. The third kappa shape index (κ3) is 3.26. The van der Waals surface area contributed by atoms with Crippen LogP contribution in [0.2, 0.25) is 0 Å². The number of nitrogens with two attached hydrogens (primary N) is 1. The molecule has 1 saturated heterocycles. The molecule has 2 heterocycles. The normalized spacial score (nSPS) is 24.8. The Bertz CT molecular complexity index is 478. The molecule has 2 unspecified atom stereocenters. The first-order valence-corrected chi connectivity index (χ1v) is 6.82. The second-order valence-corrected chi connectivity index (χ2v) is 5.27. The van der Waals surface area contributed by atoms with E-state index in [-0.39, 0.29) is 11.9 Å². The number of piperidine rings is 1. The van der Waals surface area contributed by atoms with Crippen LogP contribution >= 0.6 is 0 Å². The van der Waals surface area contributed by atoms with E-state index in [4.69, 9.17) is 15.7 Å². The molecule has 110 valence electrons. The number of hydrogen-bond acceptors (Lipinski definition) is 5. The van der Waals surface area contributed by atoms with Crippen LogP contribution in [0.4, 0.5) is 0 Å². The Labute approximate surface area is 119 Å². The van der Waals surface area contributed by atoms with Gasteiger partial charge in [0.2, 0.25) is 0 Å². The highest BCUT2D eigenvalue weighted by Crippen LogP contribution is 2.21. The molecule has 0 aliphatic carbocycles. The number of rotatable bonds is 4. The van der Waals surface area contributed by atoms with Gasteiger partial charge in [-0.05, 0) is 30.5 Å². The monoisotopic (exact) mass is 278 g/mol. The largest absolute Gasteiger partial charge is 0.409 e. The van der Waals surface area contributed by atoms with E-state index in [0.29, 0.717) is 11.6 Å². The topological polar surface area (TPSA) is 84.0 Å². The van der Waals surface area contributed by atoms with E-state index < -0.39 is 0 Å². The summed E-state index contributed by atoms with van der Waals surface area (Å²) in [5, 5.41) is 11.9. The van der Waals surface area contributed by atoms with Crippen LogP contribution in [0.5, 0.6) is 0 Å². The van der Waals surface area contributed by atoms with Gasteiger partial charge in [-0.25, -0.2) is 0 Å². The van der Waals surface area contributed by atoms with Crippen molar-refractivity contribution >= 4 is 5.84 Å². The molecule has 1 aliphatic rings. The lowest BCUT2D eigenvalue weighted by molar-refractivity contribution is -0.00749. The van der Waals surface area contributed by atoms with Gasteiger partial charge < -0.3 is 15.7 Å². The third-order valence-corrected chi connectivity index (χ3v) is 3.91. The van der Waals surface area contributed by atoms with E-state index in [0.717, 1.165) is 31.6 Å². The highest BCUT2D eigenvalue weighted by molar-refractivity contribution is 5.96. The molecule has 6 nitrogen and oxygen atoms in total. The van der Waals surface area contributed by atoms with E-state index in [2.05, 4.69) is 22.0 Å². The zero-order valence-corrected chi connectivity index (χ0v) is 12.0. The molecule has 1 fully saturated rings. The molecule has 2 atom stereocenters. The summed E-state index contributed by atoms with van der Waals surface area (Å²) in [4.78, 5) is 6.51. The van der Waals surface area contributed by atoms with E-state index in [1.807, 2.05) is 12.1 Å². The predicted octanol–water partition coefficient (Wildman–Crippen LogP) is 1.03.